The summed E-state index contributed by atoms with van der Waals surface area (Å²) in [5.74, 6) is 2.25. The van der Waals surface area contributed by atoms with Gasteiger partial charge in [-0.25, -0.2) is 9.18 Å². The Morgan fingerprint density at radius 3 is 2.76 bits per heavy atom. The molecule has 0 radical (unpaired) electrons. The second kappa shape index (κ2) is 5.65. The molecule has 0 bridgehead atoms. The summed E-state index contributed by atoms with van der Waals surface area (Å²) in [5.41, 5.74) is 1.03. The minimum absolute atomic E-state index is 0.210. The number of hydrogen-bond donors (Lipinski definition) is 1. The van der Waals surface area contributed by atoms with Gasteiger partial charge in [0.15, 0.2) is 0 Å². The molecular weight excluding hydrogens is 273 g/mol. The molecular formula is C16H18FNO3. The molecule has 2 rings (SSSR count). The number of fused-ring (bicyclic) bond motifs is 1. The lowest BCUT2D eigenvalue weighted by Crippen LogP contribution is -2.46. The first-order chi connectivity index (χ1) is 9.80. The van der Waals surface area contributed by atoms with E-state index in [1.54, 1.807) is 26.8 Å². The molecule has 0 saturated heterocycles. The summed E-state index contributed by atoms with van der Waals surface area (Å²) >= 11 is 0. The second-order valence-electron chi connectivity index (χ2n) is 6.00. The van der Waals surface area contributed by atoms with Gasteiger partial charge < -0.3 is 9.84 Å². The van der Waals surface area contributed by atoms with Gasteiger partial charge in [-0.05, 0) is 50.0 Å². The Morgan fingerprint density at radius 1 is 1.43 bits per heavy atom. The maximum absolute atomic E-state index is 13.3. The first-order valence-electron chi connectivity index (χ1n) is 6.72. The van der Waals surface area contributed by atoms with E-state index in [9.17, 15) is 9.18 Å². The quantitative estimate of drug-likeness (QED) is 0.748. The summed E-state index contributed by atoms with van der Waals surface area (Å²) in [6.45, 7) is 5.53. The molecule has 1 amide bonds. The molecule has 1 heterocycles. The van der Waals surface area contributed by atoms with Gasteiger partial charge in [-0.3, -0.25) is 4.90 Å². The van der Waals surface area contributed by atoms with Crippen molar-refractivity contribution in [2.45, 2.75) is 45.4 Å². The average molecular weight is 291 g/mol. The third-order valence-corrected chi connectivity index (χ3v) is 3.16. The van der Waals surface area contributed by atoms with Crippen LogP contribution in [0, 0.1) is 17.8 Å². The molecule has 0 saturated carbocycles. The van der Waals surface area contributed by atoms with Crippen LogP contribution in [-0.2, 0) is 17.7 Å². The van der Waals surface area contributed by atoms with Gasteiger partial charge in [0.25, 0.3) is 0 Å². The van der Waals surface area contributed by atoms with E-state index in [0.29, 0.717) is 6.42 Å². The van der Waals surface area contributed by atoms with Crippen LogP contribution in [0.2, 0.25) is 0 Å². The van der Waals surface area contributed by atoms with Crippen molar-refractivity contribution in [3.63, 3.8) is 0 Å². The molecule has 112 valence electrons. The highest BCUT2D eigenvalue weighted by atomic mass is 19.1. The molecule has 1 aromatic rings. The highest BCUT2D eigenvalue weighted by Crippen LogP contribution is 2.25. The van der Waals surface area contributed by atoms with Crippen molar-refractivity contribution in [2.24, 2.45) is 0 Å². The van der Waals surface area contributed by atoms with Gasteiger partial charge in [-0.2, -0.15) is 0 Å². The van der Waals surface area contributed by atoms with Crippen LogP contribution in [0.25, 0.3) is 0 Å². The molecule has 0 aromatic heterocycles. The summed E-state index contributed by atoms with van der Waals surface area (Å²) in [6.07, 6.45) is 1.76. The smallest absolute Gasteiger partial charge is 0.411 e. The molecule has 0 spiro atoms. The van der Waals surface area contributed by atoms with Crippen LogP contribution in [-0.4, -0.2) is 27.7 Å². The summed E-state index contributed by atoms with van der Waals surface area (Å²) in [4.78, 5) is 13.7. The number of amides is 1. The summed E-state index contributed by atoms with van der Waals surface area (Å²) in [6, 6.07) is 3.99. The largest absolute Gasteiger partial charge is 0.462 e. The van der Waals surface area contributed by atoms with Crippen LogP contribution in [0.3, 0.4) is 0 Å². The molecule has 4 nitrogen and oxygen atoms in total. The van der Waals surface area contributed by atoms with Crippen molar-refractivity contribution in [3.8, 4) is 12.0 Å². The van der Waals surface area contributed by atoms with E-state index in [0.717, 1.165) is 11.1 Å². The maximum Gasteiger partial charge on any atom is 0.411 e. The summed E-state index contributed by atoms with van der Waals surface area (Å²) in [7, 11) is 0. The van der Waals surface area contributed by atoms with E-state index in [1.165, 1.54) is 17.0 Å². The molecule has 21 heavy (non-hydrogen) atoms. The predicted octanol–water partition coefficient (Wildman–Crippen LogP) is 2.82. The number of rotatable bonds is 0. The Morgan fingerprint density at radius 2 is 2.14 bits per heavy atom. The van der Waals surface area contributed by atoms with Crippen molar-refractivity contribution in [3.05, 3.63) is 35.1 Å². The fourth-order valence-electron chi connectivity index (χ4n) is 2.27. The Kier molecular flexibility index (Phi) is 4.08. The highest BCUT2D eigenvalue weighted by molar-refractivity contribution is 5.70. The number of aliphatic hydroxyl groups excluding tert-OH is 1. The molecule has 5 heteroatoms. The van der Waals surface area contributed by atoms with Crippen molar-refractivity contribution >= 4 is 6.09 Å². The van der Waals surface area contributed by atoms with E-state index >= 15 is 0 Å². The fourth-order valence-corrected chi connectivity index (χ4v) is 2.27. The third kappa shape index (κ3) is 3.66. The zero-order valence-corrected chi connectivity index (χ0v) is 12.3. The Hall–Kier alpha value is -2.22. The van der Waals surface area contributed by atoms with Crippen molar-refractivity contribution in [1.82, 2.24) is 4.90 Å². The van der Waals surface area contributed by atoms with Gasteiger partial charge in [-0.1, -0.05) is 6.07 Å². The summed E-state index contributed by atoms with van der Waals surface area (Å²) in [5, 5.41) is 8.84. The first kappa shape index (κ1) is 15.2. The minimum atomic E-state index is -0.628. The number of hydrogen-bond acceptors (Lipinski definition) is 3. The Balaban J connectivity index is 2.29. The predicted molar refractivity (Wildman–Crippen MR) is 75.4 cm³/mol. The van der Waals surface area contributed by atoms with Crippen molar-refractivity contribution in [2.75, 3.05) is 0 Å². The SMILES string of the molecule is CC(C)(C)OC(=O)N1Cc2cc(F)ccc2CC1C#CO. The van der Waals surface area contributed by atoms with Gasteiger partial charge in [0, 0.05) is 6.42 Å². The van der Waals surface area contributed by atoms with Gasteiger partial charge >= 0.3 is 6.09 Å². The molecule has 0 fully saturated rings. The number of halogens is 1. The summed E-state index contributed by atoms with van der Waals surface area (Å²) < 4.78 is 18.7. The van der Waals surface area contributed by atoms with Crippen molar-refractivity contribution < 1.29 is 19.0 Å². The number of aliphatic hydroxyl groups is 1. The maximum atomic E-state index is 13.3. The number of carbonyl (C=O) groups is 1. The van der Waals surface area contributed by atoms with E-state index in [2.05, 4.69) is 5.92 Å². The van der Waals surface area contributed by atoms with E-state index in [-0.39, 0.29) is 12.4 Å². The molecule has 1 atom stereocenters. The molecule has 1 unspecified atom stereocenters. The minimum Gasteiger partial charge on any atom is -0.462 e. The van der Waals surface area contributed by atoms with Crippen LogP contribution < -0.4 is 0 Å². The van der Waals surface area contributed by atoms with Crippen LogP contribution in [0.4, 0.5) is 9.18 Å². The lowest BCUT2D eigenvalue weighted by molar-refractivity contribution is 0.0171. The van der Waals surface area contributed by atoms with Gasteiger partial charge in [0.2, 0.25) is 0 Å². The Labute approximate surface area is 123 Å². The van der Waals surface area contributed by atoms with Gasteiger partial charge in [0.05, 0.1) is 6.54 Å². The monoisotopic (exact) mass is 291 g/mol. The normalized spacial score (nSPS) is 17.5. The topological polar surface area (TPSA) is 49.8 Å². The molecule has 1 aliphatic rings. The molecule has 1 aromatic carbocycles. The third-order valence-electron chi connectivity index (χ3n) is 3.16. The highest BCUT2D eigenvalue weighted by Gasteiger charge is 2.32. The second-order valence-corrected chi connectivity index (χ2v) is 6.00. The fraction of sp³-hybridized carbons (Fsp3) is 0.438. The van der Waals surface area contributed by atoms with Crippen LogP contribution in [0.15, 0.2) is 18.2 Å². The number of carbonyl (C=O) groups excluding carboxylic acids is 1. The first-order valence-corrected chi connectivity index (χ1v) is 6.72. The van der Waals surface area contributed by atoms with Crippen LogP contribution in [0.5, 0.6) is 0 Å². The molecule has 1 aliphatic heterocycles. The van der Waals surface area contributed by atoms with Gasteiger partial charge in [0.1, 0.15) is 23.6 Å². The molecule has 1 N–H and O–H groups in total. The van der Waals surface area contributed by atoms with E-state index in [1.807, 2.05) is 6.11 Å². The van der Waals surface area contributed by atoms with Crippen molar-refractivity contribution in [1.29, 1.82) is 0 Å². The van der Waals surface area contributed by atoms with Crippen LogP contribution >= 0.6 is 0 Å². The average Bonchev–Trinajstić information content (AvgIpc) is 2.36. The van der Waals surface area contributed by atoms with E-state index in [4.69, 9.17) is 9.84 Å². The zero-order chi connectivity index (χ0) is 15.6. The number of benzene rings is 1. The van der Waals surface area contributed by atoms with Gasteiger partial charge in [-0.15, -0.1) is 0 Å². The van der Waals surface area contributed by atoms with Crippen LogP contribution in [0.1, 0.15) is 31.9 Å². The number of nitrogens with zero attached hydrogens (tertiary/aromatic N) is 1. The lowest BCUT2D eigenvalue weighted by Gasteiger charge is -2.35. The lowest BCUT2D eigenvalue weighted by atomic mass is 9.94. The standard InChI is InChI=1S/C16H18FNO3/c1-16(2,3)21-15(20)18-10-12-8-13(17)5-4-11(12)9-14(18)6-7-19/h4-5,8,14,19H,9-10H2,1-3H3. The number of ether oxygens (including phenoxy) is 1. The Bertz CT molecular complexity index is 610. The molecule has 0 aliphatic carbocycles. The van der Waals surface area contributed by atoms with E-state index < -0.39 is 17.7 Å². The zero-order valence-electron chi connectivity index (χ0n) is 12.3.